The summed E-state index contributed by atoms with van der Waals surface area (Å²) < 4.78 is 10.5. The van der Waals surface area contributed by atoms with E-state index in [0.717, 1.165) is 19.6 Å². The molecule has 1 aliphatic heterocycles. The molecule has 144 valence electrons. The van der Waals surface area contributed by atoms with Crippen LogP contribution in [-0.2, 0) is 23.9 Å². The standard InChI is InChI=1S/C19H26O7/c1-10(2)7-8-18-9-12(21)17(4,5)26-14(18)13(11(3)20)19(24,15(18)22)16(23)25-6/h7,12,21,24H,8-9H2,1-6H3/t12-,18-,19+/m1/s1. The van der Waals surface area contributed by atoms with E-state index in [4.69, 9.17) is 4.74 Å². The minimum atomic E-state index is -2.74. The fourth-order valence-corrected chi connectivity index (χ4v) is 3.61. The zero-order valence-corrected chi connectivity index (χ0v) is 16.0. The van der Waals surface area contributed by atoms with E-state index in [-0.39, 0.29) is 18.6 Å². The van der Waals surface area contributed by atoms with Gasteiger partial charge in [-0.2, -0.15) is 0 Å². The number of aliphatic hydroxyl groups is 2. The van der Waals surface area contributed by atoms with Crippen LogP contribution in [0.3, 0.4) is 0 Å². The van der Waals surface area contributed by atoms with Crippen molar-refractivity contribution in [3.8, 4) is 0 Å². The minimum absolute atomic E-state index is 0.0456. The number of ketones is 2. The summed E-state index contributed by atoms with van der Waals surface area (Å²) in [4.78, 5) is 37.9. The molecule has 26 heavy (non-hydrogen) atoms. The predicted octanol–water partition coefficient (Wildman–Crippen LogP) is 1.22. The van der Waals surface area contributed by atoms with Gasteiger partial charge in [-0.25, -0.2) is 4.79 Å². The smallest absolute Gasteiger partial charge is 0.350 e. The predicted molar refractivity (Wildman–Crippen MR) is 91.9 cm³/mol. The summed E-state index contributed by atoms with van der Waals surface area (Å²) in [6, 6.07) is 0. The Morgan fingerprint density at radius 2 is 1.88 bits per heavy atom. The first-order valence-electron chi connectivity index (χ1n) is 8.47. The van der Waals surface area contributed by atoms with Gasteiger partial charge in [0.2, 0.25) is 0 Å². The molecule has 0 radical (unpaired) electrons. The van der Waals surface area contributed by atoms with Crippen LogP contribution in [0.25, 0.3) is 0 Å². The van der Waals surface area contributed by atoms with Crippen LogP contribution in [0, 0.1) is 5.41 Å². The average Bonchev–Trinajstić information content (AvgIpc) is 2.71. The number of esters is 1. The van der Waals surface area contributed by atoms with Crippen LogP contribution in [0.5, 0.6) is 0 Å². The van der Waals surface area contributed by atoms with E-state index in [0.29, 0.717) is 0 Å². The van der Waals surface area contributed by atoms with Crippen LogP contribution in [0.1, 0.15) is 47.5 Å². The second-order valence-corrected chi connectivity index (χ2v) is 7.78. The van der Waals surface area contributed by atoms with Crippen LogP contribution >= 0.6 is 0 Å². The number of aliphatic hydroxyl groups excluding tert-OH is 1. The van der Waals surface area contributed by atoms with Crippen molar-refractivity contribution in [3.63, 3.8) is 0 Å². The van der Waals surface area contributed by atoms with E-state index in [9.17, 15) is 24.6 Å². The van der Waals surface area contributed by atoms with Crippen LogP contribution in [0.15, 0.2) is 23.0 Å². The lowest BCUT2D eigenvalue weighted by atomic mass is 9.70. The summed E-state index contributed by atoms with van der Waals surface area (Å²) in [6.07, 6.45) is 0.738. The van der Waals surface area contributed by atoms with Crippen molar-refractivity contribution in [3.05, 3.63) is 23.0 Å². The lowest BCUT2D eigenvalue weighted by Gasteiger charge is -2.45. The Hall–Kier alpha value is -1.99. The Balaban J connectivity index is 2.82. The zero-order chi connectivity index (χ0) is 20.1. The van der Waals surface area contributed by atoms with Crippen molar-refractivity contribution in [1.82, 2.24) is 0 Å². The van der Waals surface area contributed by atoms with Gasteiger partial charge in [0.25, 0.3) is 5.60 Å². The topological polar surface area (TPSA) is 110 Å². The quantitative estimate of drug-likeness (QED) is 0.437. The van der Waals surface area contributed by atoms with E-state index >= 15 is 0 Å². The monoisotopic (exact) mass is 366 g/mol. The molecule has 1 fully saturated rings. The SMILES string of the molecule is COC(=O)[C@@]1(O)C(=O)[C@]2(CC=C(C)C)C[C@@H](O)C(C)(C)OC2=C1C(C)=O. The Labute approximate surface area is 152 Å². The van der Waals surface area contributed by atoms with Crippen molar-refractivity contribution in [2.45, 2.75) is 64.8 Å². The summed E-state index contributed by atoms with van der Waals surface area (Å²) in [7, 11) is 1.03. The summed E-state index contributed by atoms with van der Waals surface area (Å²) in [6.45, 7) is 8.06. The fourth-order valence-electron chi connectivity index (χ4n) is 3.61. The van der Waals surface area contributed by atoms with Gasteiger partial charge in [-0.3, -0.25) is 9.59 Å². The summed E-state index contributed by atoms with van der Waals surface area (Å²) in [5.74, 6) is -2.84. The molecule has 2 aliphatic rings. The van der Waals surface area contributed by atoms with Gasteiger partial charge in [-0.15, -0.1) is 0 Å². The number of carbonyl (C=O) groups is 3. The van der Waals surface area contributed by atoms with Crippen molar-refractivity contribution in [1.29, 1.82) is 0 Å². The molecule has 0 aromatic rings. The van der Waals surface area contributed by atoms with Gasteiger partial charge in [0.15, 0.2) is 11.6 Å². The number of hydrogen-bond donors (Lipinski definition) is 2. The first kappa shape index (κ1) is 20.3. The minimum Gasteiger partial charge on any atom is -0.488 e. The molecule has 2 rings (SSSR count). The lowest BCUT2D eigenvalue weighted by Crippen LogP contribution is -2.55. The number of rotatable bonds is 4. The molecule has 0 aromatic carbocycles. The van der Waals surface area contributed by atoms with Crippen molar-refractivity contribution in [2.24, 2.45) is 5.41 Å². The van der Waals surface area contributed by atoms with Gasteiger partial charge >= 0.3 is 5.97 Å². The summed E-state index contributed by atoms with van der Waals surface area (Å²) >= 11 is 0. The molecule has 1 aliphatic carbocycles. The molecular formula is C19H26O7. The highest BCUT2D eigenvalue weighted by molar-refractivity contribution is 6.23. The van der Waals surface area contributed by atoms with Crippen molar-refractivity contribution >= 4 is 17.5 Å². The summed E-state index contributed by atoms with van der Waals surface area (Å²) in [5, 5.41) is 21.5. The molecule has 0 saturated carbocycles. The van der Waals surface area contributed by atoms with Gasteiger partial charge < -0.3 is 19.7 Å². The van der Waals surface area contributed by atoms with E-state index in [1.54, 1.807) is 19.9 Å². The molecule has 1 heterocycles. The number of Topliss-reactive ketones (excluding diaryl/α,β-unsaturated/α-hetero) is 2. The highest BCUT2D eigenvalue weighted by Gasteiger charge is 2.70. The van der Waals surface area contributed by atoms with Crippen molar-refractivity contribution in [2.75, 3.05) is 7.11 Å². The Morgan fingerprint density at radius 3 is 2.35 bits per heavy atom. The fraction of sp³-hybridized carbons (Fsp3) is 0.632. The molecule has 0 amide bonds. The molecule has 0 aromatic heterocycles. The maximum atomic E-state index is 13.3. The highest BCUT2D eigenvalue weighted by atomic mass is 16.5. The van der Waals surface area contributed by atoms with Gasteiger partial charge in [0, 0.05) is 0 Å². The maximum Gasteiger partial charge on any atom is 0.350 e. The molecule has 1 saturated heterocycles. The highest BCUT2D eigenvalue weighted by Crippen LogP contribution is 2.56. The number of fused-ring (bicyclic) bond motifs is 1. The molecule has 0 unspecified atom stereocenters. The number of ether oxygens (including phenoxy) is 2. The third-order valence-corrected chi connectivity index (χ3v) is 5.19. The van der Waals surface area contributed by atoms with E-state index in [1.165, 1.54) is 0 Å². The molecule has 2 N–H and O–H groups in total. The Bertz CT molecular complexity index is 726. The molecule has 0 spiro atoms. The first-order valence-corrected chi connectivity index (χ1v) is 8.47. The molecule has 7 nitrogen and oxygen atoms in total. The van der Waals surface area contributed by atoms with Crippen LogP contribution in [0.4, 0.5) is 0 Å². The zero-order valence-electron chi connectivity index (χ0n) is 16.0. The largest absolute Gasteiger partial charge is 0.488 e. The van der Waals surface area contributed by atoms with Crippen LogP contribution in [0.2, 0.25) is 0 Å². The third kappa shape index (κ3) is 2.70. The lowest BCUT2D eigenvalue weighted by molar-refractivity contribution is -0.171. The van der Waals surface area contributed by atoms with Crippen LogP contribution < -0.4 is 0 Å². The first-order chi connectivity index (χ1) is 11.8. The second-order valence-electron chi connectivity index (χ2n) is 7.78. The third-order valence-electron chi connectivity index (χ3n) is 5.19. The average molecular weight is 366 g/mol. The van der Waals surface area contributed by atoms with E-state index < -0.39 is 45.8 Å². The van der Waals surface area contributed by atoms with Gasteiger partial charge in [-0.1, -0.05) is 11.6 Å². The van der Waals surface area contributed by atoms with Gasteiger partial charge in [-0.05, 0) is 47.5 Å². The van der Waals surface area contributed by atoms with Gasteiger partial charge in [0.05, 0.1) is 24.2 Å². The maximum absolute atomic E-state index is 13.3. The number of carbonyl (C=O) groups excluding carboxylic acids is 3. The number of hydrogen-bond acceptors (Lipinski definition) is 7. The molecule has 7 heteroatoms. The Morgan fingerprint density at radius 1 is 1.31 bits per heavy atom. The second kappa shape index (κ2) is 6.32. The number of methoxy groups -OCH3 is 1. The van der Waals surface area contributed by atoms with Gasteiger partial charge in [0.1, 0.15) is 11.4 Å². The number of allylic oxidation sites excluding steroid dienone is 3. The van der Waals surface area contributed by atoms with E-state index in [1.807, 2.05) is 13.8 Å². The summed E-state index contributed by atoms with van der Waals surface area (Å²) in [5.41, 5.74) is -4.84. The Kier molecular flexibility index (Phi) is 4.94. The molecular weight excluding hydrogens is 340 g/mol. The van der Waals surface area contributed by atoms with Crippen LogP contribution in [-0.4, -0.2) is 52.2 Å². The van der Waals surface area contributed by atoms with E-state index in [2.05, 4.69) is 4.74 Å². The molecule has 0 bridgehead atoms. The van der Waals surface area contributed by atoms with Crippen molar-refractivity contribution < 1.29 is 34.1 Å². The molecule has 3 atom stereocenters. The normalized spacial score (nSPS) is 32.6.